The normalized spacial score (nSPS) is 10.0. The summed E-state index contributed by atoms with van der Waals surface area (Å²) in [4.78, 5) is 14.1. The van der Waals surface area contributed by atoms with Crippen molar-refractivity contribution in [3.63, 3.8) is 0 Å². The number of anilines is 3. The highest BCUT2D eigenvalue weighted by molar-refractivity contribution is 5.62. The molecule has 7 nitrogen and oxygen atoms in total. The van der Waals surface area contributed by atoms with Crippen molar-refractivity contribution in [2.45, 2.75) is 0 Å². The maximum absolute atomic E-state index is 13.5. The van der Waals surface area contributed by atoms with Crippen molar-refractivity contribution < 1.29 is 9.31 Å². The molecule has 0 saturated heterocycles. The van der Waals surface area contributed by atoms with Crippen molar-refractivity contribution in [3.8, 4) is 0 Å². The third-order valence-electron chi connectivity index (χ3n) is 2.31. The van der Waals surface area contributed by atoms with Gasteiger partial charge in [0.2, 0.25) is 0 Å². The van der Waals surface area contributed by atoms with Gasteiger partial charge in [0, 0.05) is 0 Å². The Kier molecular flexibility index (Phi) is 3.53. The molecule has 0 spiro atoms. The van der Waals surface area contributed by atoms with Crippen LogP contribution >= 0.6 is 0 Å². The molecule has 0 aliphatic carbocycles. The molecule has 0 amide bonds. The zero-order valence-corrected chi connectivity index (χ0v) is 9.63. The van der Waals surface area contributed by atoms with Crippen molar-refractivity contribution >= 4 is 23.0 Å². The molecular weight excluding hydrogens is 253 g/mol. The maximum Gasteiger partial charge on any atom is 0.276 e. The third-order valence-corrected chi connectivity index (χ3v) is 2.31. The van der Waals surface area contributed by atoms with Gasteiger partial charge in [-0.25, -0.2) is 15.2 Å². The average Bonchev–Trinajstić information content (AvgIpc) is 2.41. The number of hydrazine groups is 1. The second kappa shape index (κ2) is 5.27. The molecule has 8 heteroatoms. The standard InChI is InChI=1S/C11H10FN5O2/c12-8-3-1-2-4-9(8)14-10-5-7(17(18)19)6-11(15-10)16-13/h1-6H,13H2,(H2,14,15,16). The summed E-state index contributed by atoms with van der Waals surface area (Å²) in [6, 6.07) is 8.28. The molecule has 0 bridgehead atoms. The number of rotatable bonds is 4. The number of nitro groups is 1. The quantitative estimate of drug-likeness (QED) is 0.443. The van der Waals surface area contributed by atoms with Gasteiger partial charge in [0.1, 0.15) is 17.5 Å². The van der Waals surface area contributed by atoms with Crippen LogP contribution < -0.4 is 16.6 Å². The molecule has 1 heterocycles. The van der Waals surface area contributed by atoms with E-state index in [2.05, 4.69) is 15.7 Å². The number of para-hydroxylation sites is 1. The number of nitrogens with zero attached hydrogens (tertiary/aromatic N) is 2. The van der Waals surface area contributed by atoms with Gasteiger partial charge in [-0.05, 0) is 12.1 Å². The summed E-state index contributed by atoms with van der Waals surface area (Å²) >= 11 is 0. The van der Waals surface area contributed by atoms with E-state index in [0.717, 1.165) is 0 Å². The summed E-state index contributed by atoms with van der Waals surface area (Å²) in [5.74, 6) is 4.91. The second-order valence-corrected chi connectivity index (χ2v) is 3.60. The summed E-state index contributed by atoms with van der Waals surface area (Å²) in [5.41, 5.74) is 2.17. The highest BCUT2D eigenvalue weighted by Gasteiger charge is 2.11. The number of hydrogen-bond donors (Lipinski definition) is 3. The van der Waals surface area contributed by atoms with Crippen molar-refractivity contribution in [2.75, 3.05) is 10.7 Å². The van der Waals surface area contributed by atoms with Crippen molar-refractivity contribution in [3.05, 3.63) is 52.3 Å². The fraction of sp³-hybridized carbons (Fsp3) is 0. The van der Waals surface area contributed by atoms with Crippen molar-refractivity contribution in [1.82, 2.24) is 4.98 Å². The van der Waals surface area contributed by atoms with E-state index in [9.17, 15) is 14.5 Å². The summed E-state index contributed by atoms with van der Waals surface area (Å²) in [6.45, 7) is 0. The Morgan fingerprint density at radius 3 is 2.58 bits per heavy atom. The Morgan fingerprint density at radius 1 is 1.26 bits per heavy atom. The lowest BCUT2D eigenvalue weighted by Crippen LogP contribution is -2.10. The zero-order chi connectivity index (χ0) is 13.8. The van der Waals surface area contributed by atoms with E-state index >= 15 is 0 Å². The molecule has 1 aromatic heterocycles. The Labute approximate surface area is 107 Å². The molecule has 0 atom stereocenters. The molecule has 0 aliphatic heterocycles. The summed E-state index contributed by atoms with van der Waals surface area (Å²) in [6.07, 6.45) is 0. The molecule has 0 radical (unpaired) electrons. The van der Waals surface area contributed by atoms with Crippen molar-refractivity contribution in [2.24, 2.45) is 5.84 Å². The van der Waals surface area contributed by atoms with E-state index in [0.29, 0.717) is 0 Å². The number of hydrogen-bond acceptors (Lipinski definition) is 6. The molecular formula is C11H10FN5O2. The van der Waals surface area contributed by atoms with E-state index in [1.165, 1.54) is 30.3 Å². The van der Waals surface area contributed by atoms with Gasteiger partial charge in [-0.2, -0.15) is 0 Å². The molecule has 98 valence electrons. The predicted molar refractivity (Wildman–Crippen MR) is 68.4 cm³/mol. The SMILES string of the molecule is NNc1cc([N+](=O)[O-])cc(Nc2ccccc2F)n1. The Bertz CT molecular complexity index is 620. The lowest BCUT2D eigenvalue weighted by Gasteiger charge is -2.08. The van der Waals surface area contributed by atoms with E-state index in [4.69, 9.17) is 5.84 Å². The van der Waals surface area contributed by atoms with Crippen molar-refractivity contribution in [1.29, 1.82) is 0 Å². The van der Waals surface area contributed by atoms with Gasteiger partial charge < -0.3 is 10.7 Å². The fourth-order valence-corrected chi connectivity index (χ4v) is 1.46. The number of pyridine rings is 1. The molecule has 0 fully saturated rings. The summed E-state index contributed by atoms with van der Waals surface area (Å²) in [7, 11) is 0. The minimum atomic E-state index is -0.588. The summed E-state index contributed by atoms with van der Waals surface area (Å²) < 4.78 is 13.5. The average molecular weight is 263 g/mol. The number of benzene rings is 1. The van der Waals surface area contributed by atoms with Crippen LogP contribution in [0.15, 0.2) is 36.4 Å². The second-order valence-electron chi connectivity index (χ2n) is 3.60. The molecule has 4 N–H and O–H groups in total. The minimum absolute atomic E-state index is 0.105. The zero-order valence-electron chi connectivity index (χ0n) is 9.63. The Balaban J connectivity index is 2.37. The van der Waals surface area contributed by atoms with Gasteiger partial charge in [-0.1, -0.05) is 12.1 Å². The summed E-state index contributed by atoms with van der Waals surface area (Å²) in [5, 5.41) is 13.4. The number of halogens is 1. The monoisotopic (exact) mass is 263 g/mol. The Hall–Kier alpha value is -2.74. The van der Waals surface area contributed by atoms with Gasteiger partial charge in [0.25, 0.3) is 5.69 Å². The lowest BCUT2D eigenvalue weighted by molar-refractivity contribution is -0.384. The lowest BCUT2D eigenvalue weighted by atomic mass is 10.3. The van der Waals surface area contributed by atoms with E-state index in [-0.39, 0.29) is 23.0 Å². The smallest absolute Gasteiger partial charge is 0.276 e. The molecule has 0 aliphatic rings. The van der Waals surface area contributed by atoms with E-state index in [1.807, 2.05) is 0 Å². The van der Waals surface area contributed by atoms with Gasteiger partial charge in [0.05, 0.1) is 22.7 Å². The number of nitrogen functional groups attached to an aromatic ring is 1. The predicted octanol–water partition coefficient (Wildman–Crippen LogP) is 2.16. The Morgan fingerprint density at radius 2 is 1.95 bits per heavy atom. The highest BCUT2D eigenvalue weighted by Crippen LogP contribution is 2.24. The van der Waals surface area contributed by atoms with Gasteiger partial charge >= 0.3 is 0 Å². The van der Waals surface area contributed by atoms with Crippen LogP contribution in [0.25, 0.3) is 0 Å². The molecule has 1 aromatic carbocycles. The molecule has 0 unspecified atom stereocenters. The first kappa shape index (κ1) is 12.7. The van der Waals surface area contributed by atoms with Crippen LogP contribution in [-0.2, 0) is 0 Å². The largest absolute Gasteiger partial charge is 0.338 e. The fourth-order valence-electron chi connectivity index (χ4n) is 1.46. The third kappa shape index (κ3) is 2.93. The van der Waals surface area contributed by atoms with Crippen LogP contribution in [0.5, 0.6) is 0 Å². The number of nitrogens with two attached hydrogens (primary N) is 1. The van der Waals surface area contributed by atoms with Crippen LogP contribution in [0.1, 0.15) is 0 Å². The first-order valence-electron chi connectivity index (χ1n) is 5.25. The first-order chi connectivity index (χ1) is 9.10. The van der Waals surface area contributed by atoms with Crippen LogP contribution in [0.4, 0.5) is 27.4 Å². The molecule has 0 saturated carbocycles. The van der Waals surface area contributed by atoms with E-state index < -0.39 is 10.7 Å². The minimum Gasteiger partial charge on any atom is -0.338 e. The van der Waals surface area contributed by atoms with E-state index in [1.54, 1.807) is 6.07 Å². The topological polar surface area (TPSA) is 106 Å². The molecule has 2 rings (SSSR count). The number of nitrogens with one attached hydrogen (secondary N) is 2. The van der Waals surface area contributed by atoms with Gasteiger partial charge in [-0.3, -0.25) is 10.1 Å². The molecule has 19 heavy (non-hydrogen) atoms. The van der Waals surface area contributed by atoms with Gasteiger partial charge in [0.15, 0.2) is 0 Å². The first-order valence-corrected chi connectivity index (χ1v) is 5.25. The van der Waals surface area contributed by atoms with Crippen LogP contribution in [0.3, 0.4) is 0 Å². The number of aromatic nitrogens is 1. The highest BCUT2D eigenvalue weighted by atomic mass is 19.1. The van der Waals surface area contributed by atoms with Crippen LogP contribution in [0, 0.1) is 15.9 Å². The van der Waals surface area contributed by atoms with Crippen LogP contribution in [0.2, 0.25) is 0 Å². The maximum atomic E-state index is 13.5. The van der Waals surface area contributed by atoms with Gasteiger partial charge in [-0.15, -0.1) is 0 Å². The van der Waals surface area contributed by atoms with Crippen LogP contribution in [-0.4, -0.2) is 9.91 Å². The molecule has 2 aromatic rings.